The number of aliphatic hydroxyl groups is 1. The highest BCUT2D eigenvalue weighted by atomic mass is 32.1. The summed E-state index contributed by atoms with van der Waals surface area (Å²) in [5.41, 5.74) is 3.80. The third-order valence-corrected chi connectivity index (χ3v) is 7.46. The van der Waals surface area contributed by atoms with Crippen LogP contribution in [0.15, 0.2) is 54.9 Å². The van der Waals surface area contributed by atoms with Crippen molar-refractivity contribution < 1.29 is 24.9 Å². The Morgan fingerprint density at radius 3 is 2.49 bits per heavy atom. The molecule has 0 aliphatic heterocycles. The van der Waals surface area contributed by atoms with Crippen molar-refractivity contribution in [3.63, 3.8) is 0 Å². The van der Waals surface area contributed by atoms with Gasteiger partial charge in [0, 0.05) is 51.9 Å². The number of unbranched alkanes of at least 4 members (excludes halogenated alkanes) is 2. The van der Waals surface area contributed by atoms with Gasteiger partial charge in [0.25, 0.3) is 0 Å². The largest absolute Gasteiger partial charge is 0.506 e. The Balaban J connectivity index is 1.57. The Morgan fingerprint density at radius 2 is 1.69 bits per heavy atom. The Kier molecular flexibility index (Phi) is 6.15. The van der Waals surface area contributed by atoms with Gasteiger partial charge in [-0.1, -0.05) is 42.8 Å². The number of nitrogens with one attached hydrogen (secondary N) is 2. The minimum absolute atomic E-state index is 0.00284. The third-order valence-electron chi connectivity index (χ3n) is 6.29. The number of thiophene rings is 1. The van der Waals surface area contributed by atoms with Crippen LogP contribution in [-0.4, -0.2) is 43.6 Å². The van der Waals surface area contributed by atoms with Crippen molar-refractivity contribution in [2.24, 2.45) is 0 Å². The summed E-state index contributed by atoms with van der Waals surface area (Å²) in [7, 11) is 0. The van der Waals surface area contributed by atoms with Gasteiger partial charge in [0.15, 0.2) is 0 Å². The zero-order valence-corrected chi connectivity index (χ0v) is 19.6. The number of carboxylic acid groups (broad SMARTS) is 1. The minimum atomic E-state index is -1.20. The van der Waals surface area contributed by atoms with Crippen molar-refractivity contribution in [1.29, 1.82) is 0 Å². The first-order valence-electron chi connectivity index (χ1n) is 11.4. The summed E-state index contributed by atoms with van der Waals surface area (Å²) in [6, 6.07) is 13.1. The topological polar surface area (TPSA) is 126 Å². The first-order chi connectivity index (χ1) is 17.0. The lowest BCUT2D eigenvalue weighted by molar-refractivity contribution is 0.0702. The summed E-state index contributed by atoms with van der Waals surface area (Å²) in [5, 5.41) is 31.5. The number of benzene rings is 2. The summed E-state index contributed by atoms with van der Waals surface area (Å²) in [4.78, 5) is 31.9. The zero-order chi connectivity index (χ0) is 24.5. The lowest BCUT2D eigenvalue weighted by Crippen LogP contribution is -1.98. The summed E-state index contributed by atoms with van der Waals surface area (Å²) in [6.07, 6.45) is 6.67. The van der Waals surface area contributed by atoms with Crippen LogP contribution in [0.5, 0.6) is 5.75 Å². The van der Waals surface area contributed by atoms with E-state index < -0.39 is 11.8 Å². The van der Waals surface area contributed by atoms with Gasteiger partial charge >= 0.3 is 5.97 Å². The molecule has 35 heavy (non-hydrogen) atoms. The van der Waals surface area contributed by atoms with Gasteiger partial charge in [-0.3, -0.25) is 4.79 Å². The Hall–Kier alpha value is -3.88. The fourth-order valence-corrected chi connectivity index (χ4v) is 5.60. The van der Waals surface area contributed by atoms with Crippen LogP contribution in [0.4, 0.5) is 0 Å². The average Bonchev–Trinajstić information content (AvgIpc) is 3.56. The number of aryl methyl sites for hydroxylation is 1. The number of para-hydroxylation sites is 2. The fraction of sp³-hybridized carbons (Fsp3) is 0.185. The van der Waals surface area contributed by atoms with Gasteiger partial charge in [0.2, 0.25) is 5.78 Å². The number of aromatic nitrogens is 2. The normalized spacial score (nSPS) is 11.5. The molecule has 3 aromatic heterocycles. The first kappa shape index (κ1) is 22.9. The predicted molar refractivity (Wildman–Crippen MR) is 137 cm³/mol. The number of aromatic carboxylic acids is 1. The third kappa shape index (κ3) is 4.00. The van der Waals surface area contributed by atoms with Crippen molar-refractivity contribution >= 4 is 44.9 Å². The van der Waals surface area contributed by atoms with Crippen LogP contribution in [-0.2, 0) is 6.42 Å². The average molecular weight is 489 g/mol. The van der Waals surface area contributed by atoms with Gasteiger partial charge in [0.05, 0.1) is 5.56 Å². The second kappa shape index (κ2) is 9.40. The second-order valence-electron chi connectivity index (χ2n) is 8.44. The summed E-state index contributed by atoms with van der Waals surface area (Å²) in [6.45, 7) is 0.175. The predicted octanol–water partition coefficient (Wildman–Crippen LogP) is 5.72. The van der Waals surface area contributed by atoms with Crippen LogP contribution in [0.25, 0.3) is 32.9 Å². The molecule has 3 heterocycles. The van der Waals surface area contributed by atoms with Crippen LogP contribution in [0.1, 0.15) is 49.7 Å². The molecule has 178 valence electrons. The maximum Gasteiger partial charge on any atom is 0.346 e. The molecule has 0 aliphatic carbocycles. The molecule has 0 radical (unpaired) electrons. The van der Waals surface area contributed by atoms with Gasteiger partial charge < -0.3 is 25.3 Å². The highest BCUT2D eigenvalue weighted by Crippen LogP contribution is 2.45. The Morgan fingerprint density at radius 1 is 0.886 bits per heavy atom. The molecule has 0 aliphatic rings. The van der Waals surface area contributed by atoms with E-state index in [1.807, 2.05) is 42.5 Å². The van der Waals surface area contributed by atoms with Gasteiger partial charge in [-0.15, -0.1) is 11.3 Å². The van der Waals surface area contributed by atoms with E-state index in [0.29, 0.717) is 11.1 Å². The zero-order valence-electron chi connectivity index (χ0n) is 18.8. The second-order valence-corrected chi connectivity index (χ2v) is 9.46. The molecule has 0 amide bonds. The standard InChI is InChI=1S/C27H24N2O5S/c30-12-5-1-2-7-15-8-6-10-17-19(14-29-22(15)17)23(31)26-24(32)21(25(35-26)27(33)34)18-13-28-20-11-4-3-9-16(18)20/h3-4,6,8-11,13-14,28-30,32H,1-2,5,7,12H2,(H,33,34). The van der Waals surface area contributed by atoms with Gasteiger partial charge in [-0.2, -0.15) is 0 Å². The molecule has 0 bridgehead atoms. The molecule has 5 aromatic rings. The van der Waals surface area contributed by atoms with Gasteiger partial charge in [0.1, 0.15) is 15.5 Å². The molecule has 0 fully saturated rings. The minimum Gasteiger partial charge on any atom is -0.506 e. The van der Waals surface area contributed by atoms with Crippen molar-refractivity contribution in [3.8, 4) is 16.9 Å². The van der Waals surface area contributed by atoms with Crippen molar-refractivity contribution in [3.05, 3.63) is 75.7 Å². The number of aliphatic hydroxyl groups excluding tert-OH is 1. The SMILES string of the molecule is O=C(O)c1sc(C(=O)c2c[nH]c3c(CCCCCO)cccc23)c(O)c1-c1c[nH]c2ccccc12. The van der Waals surface area contributed by atoms with Crippen LogP contribution in [0, 0.1) is 0 Å². The maximum absolute atomic E-state index is 13.6. The van der Waals surface area contributed by atoms with E-state index in [9.17, 15) is 19.8 Å². The molecule has 0 unspecified atom stereocenters. The monoisotopic (exact) mass is 488 g/mol. The van der Waals surface area contributed by atoms with E-state index in [4.69, 9.17) is 5.11 Å². The highest BCUT2D eigenvalue weighted by molar-refractivity contribution is 7.17. The van der Waals surface area contributed by atoms with E-state index in [1.54, 1.807) is 12.4 Å². The number of carboxylic acids is 1. The molecule has 5 rings (SSSR count). The van der Waals surface area contributed by atoms with Crippen LogP contribution in [0.2, 0.25) is 0 Å². The summed E-state index contributed by atoms with van der Waals surface area (Å²) < 4.78 is 0. The number of H-pyrrole nitrogens is 2. The van der Waals surface area contributed by atoms with Gasteiger partial charge in [-0.25, -0.2) is 4.79 Å². The van der Waals surface area contributed by atoms with Crippen molar-refractivity contribution in [1.82, 2.24) is 9.97 Å². The van der Waals surface area contributed by atoms with E-state index >= 15 is 0 Å². The molecule has 0 atom stereocenters. The van der Waals surface area contributed by atoms with E-state index in [2.05, 4.69) is 9.97 Å². The molecular weight excluding hydrogens is 464 g/mol. The highest BCUT2D eigenvalue weighted by Gasteiger charge is 2.30. The fourth-order valence-electron chi connectivity index (χ4n) is 4.59. The maximum atomic E-state index is 13.6. The number of carbonyl (C=O) groups excluding carboxylic acids is 1. The van der Waals surface area contributed by atoms with Crippen LogP contribution < -0.4 is 0 Å². The molecule has 2 aromatic carbocycles. The molecule has 0 saturated carbocycles. The Bertz CT molecular complexity index is 1560. The van der Waals surface area contributed by atoms with E-state index in [1.165, 1.54) is 0 Å². The summed E-state index contributed by atoms with van der Waals surface area (Å²) >= 11 is 0.789. The lowest BCUT2D eigenvalue weighted by atomic mass is 10.00. The lowest BCUT2D eigenvalue weighted by Gasteiger charge is -2.04. The molecule has 5 N–H and O–H groups in total. The van der Waals surface area contributed by atoms with Crippen LogP contribution >= 0.6 is 11.3 Å². The number of carbonyl (C=O) groups is 2. The number of aromatic hydroxyl groups is 1. The molecule has 0 spiro atoms. The number of hydrogen-bond donors (Lipinski definition) is 5. The number of hydrogen-bond acceptors (Lipinski definition) is 5. The Labute approximate surface area is 204 Å². The molecule has 8 heteroatoms. The quantitative estimate of drug-likeness (QED) is 0.134. The number of aromatic amines is 2. The smallest absolute Gasteiger partial charge is 0.346 e. The van der Waals surface area contributed by atoms with Gasteiger partial charge in [-0.05, 0) is 30.9 Å². The van der Waals surface area contributed by atoms with E-state index in [-0.39, 0.29) is 27.7 Å². The number of fused-ring (bicyclic) bond motifs is 2. The summed E-state index contributed by atoms with van der Waals surface area (Å²) in [5.74, 6) is -1.95. The molecule has 7 nitrogen and oxygen atoms in total. The van der Waals surface area contributed by atoms with Crippen LogP contribution in [0.3, 0.4) is 0 Å². The molecular formula is C27H24N2O5S. The van der Waals surface area contributed by atoms with Crippen molar-refractivity contribution in [2.75, 3.05) is 6.61 Å². The number of rotatable bonds is 9. The molecule has 0 saturated heterocycles. The van der Waals surface area contributed by atoms with Crippen molar-refractivity contribution in [2.45, 2.75) is 25.7 Å². The number of ketones is 1. The van der Waals surface area contributed by atoms with E-state index in [0.717, 1.165) is 64.4 Å². The first-order valence-corrected chi connectivity index (χ1v) is 12.2.